The molecule has 1 aromatic heterocycles. The van der Waals surface area contributed by atoms with Gasteiger partial charge in [0.15, 0.2) is 0 Å². The van der Waals surface area contributed by atoms with Gasteiger partial charge in [0.2, 0.25) is 0 Å². The summed E-state index contributed by atoms with van der Waals surface area (Å²) in [6.45, 7) is 4.20. The number of nitrogens with one attached hydrogen (secondary N) is 1. The molecule has 0 radical (unpaired) electrons. The second-order valence-corrected chi connectivity index (χ2v) is 5.07. The van der Waals surface area contributed by atoms with E-state index >= 15 is 0 Å². The first-order chi connectivity index (χ1) is 9.65. The molecule has 3 aromatic rings. The lowest BCUT2D eigenvalue weighted by Gasteiger charge is -2.13. The fraction of sp³-hybridized carbons (Fsp3) is 0.118. The summed E-state index contributed by atoms with van der Waals surface area (Å²) in [5.74, 6) is 0. The predicted molar refractivity (Wildman–Crippen MR) is 85.4 cm³/mol. The molecule has 100 valence electrons. The van der Waals surface area contributed by atoms with Gasteiger partial charge in [0, 0.05) is 40.2 Å². The zero-order valence-electron chi connectivity index (χ0n) is 11.6. The predicted octanol–water partition coefficient (Wildman–Crippen LogP) is 4.18. The average molecular weight is 263 g/mol. The van der Waals surface area contributed by atoms with Crippen LogP contribution in [-0.2, 0) is 0 Å². The summed E-state index contributed by atoms with van der Waals surface area (Å²) in [6.07, 6.45) is 3.61. The normalized spacial score (nSPS) is 10.7. The topological polar surface area (TPSA) is 50.9 Å². The van der Waals surface area contributed by atoms with Crippen LogP contribution in [0.1, 0.15) is 11.1 Å². The zero-order valence-corrected chi connectivity index (χ0v) is 11.6. The molecule has 0 aliphatic heterocycles. The summed E-state index contributed by atoms with van der Waals surface area (Å²) in [4.78, 5) is 4.20. The molecule has 1 heterocycles. The van der Waals surface area contributed by atoms with Crippen molar-refractivity contribution in [1.29, 1.82) is 0 Å². The smallest absolute Gasteiger partial charge is 0.0481 e. The van der Waals surface area contributed by atoms with Crippen molar-refractivity contribution in [3.63, 3.8) is 0 Å². The van der Waals surface area contributed by atoms with Gasteiger partial charge in [0.1, 0.15) is 0 Å². The maximum absolute atomic E-state index is 6.01. The number of nitrogens with two attached hydrogens (primary N) is 1. The third-order valence-electron chi connectivity index (χ3n) is 3.50. The number of hydrogen-bond donors (Lipinski definition) is 2. The van der Waals surface area contributed by atoms with Crippen molar-refractivity contribution < 1.29 is 0 Å². The molecular weight excluding hydrogens is 246 g/mol. The van der Waals surface area contributed by atoms with Crippen LogP contribution in [0.2, 0.25) is 0 Å². The van der Waals surface area contributed by atoms with Crippen molar-refractivity contribution in [3.05, 3.63) is 59.9 Å². The van der Waals surface area contributed by atoms with Crippen LogP contribution in [0.3, 0.4) is 0 Å². The van der Waals surface area contributed by atoms with Crippen LogP contribution in [0.4, 0.5) is 17.1 Å². The zero-order chi connectivity index (χ0) is 14.1. The molecular formula is C17H17N3. The SMILES string of the molecule is Cc1ccc(Nc2ccc(N)c3ccncc23)c(C)c1. The van der Waals surface area contributed by atoms with Crippen LogP contribution >= 0.6 is 0 Å². The Hall–Kier alpha value is -2.55. The molecule has 0 fully saturated rings. The largest absolute Gasteiger partial charge is 0.398 e. The third-order valence-corrected chi connectivity index (χ3v) is 3.50. The lowest BCUT2D eigenvalue weighted by atomic mass is 10.1. The second-order valence-electron chi connectivity index (χ2n) is 5.07. The molecule has 0 spiro atoms. The number of nitrogen functional groups attached to an aromatic ring is 1. The molecule has 3 N–H and O–H groups in total. The first-order valence-corrected chi connectivity index (χ1v) is 6.61. The summed E-state index contributed by atoms with van der Waals surface area (Å²) in [5, 5.41) is 5.53. The van der Waals surface area contributed by atoms with Crippen molar-refractivity contribution in [3.8, 4) is 0 Å². The van der Waals surface area contributed by atoms with E-state index in [0.717, 1.165) is 27.8 Å². The van der Waals surface area contributed by atoms with E-state index in [1.807, 2.05) is 24.4 Å². The minimum atomic E-state index is 0.772. The van der Waals surface area contributed by atoms with E-state index in [2.05, 4.69) is 42.3 Å². The van der Waals surface area contributed by atoms with Crippen LogP contribution in [0, 0.1) is 13.8 Å². The molecule has 2 aromatic carbocycles. The van der Waals surface area contributed by atoms with Crippen molar-refractivity contribution in [2.75, 3.05) is 11.1 Å². The number of aromatic nitrogens is 1. The lowest BCUT2D eigenvalue weighted by molar-refractivity contribution is 1.35. The Bertz CT molecular complexity index is 778. The van der Waals surface area contributed by atoms with Crippen molar-refractivity contribution in [2.45, 2.75) is 13.8 Å². The number of hydrogen-bond acceptors (Lipinski definition) is 3. The highest BCUT2D eigenvalue weighted by Gasteiger charge is 2.06. The van der Waals surface area contributed by atoms with Gasteiger partial charge >= 0.3 is 0 Å². The van der Waals surface area contributed by atoms with E-state index < -0.39 is 0 Å². The Morgan fingerprint density at radius 1 is 0.950 bits per heavy atom. The molecule has 0 aliphatic rings. The summed E-state index contributed by atoms with van der Waals surface area (Å²) >= 11 is 0. The monoisotopic (exact) mass is 263 g/mol. The number of rotatable bonds is 2. The van der Waals surface area contributed by atoms with E-state index in [1.54, 1.807) is 6.20 Å². The highest BCUT2D eigenvalue weighted by atomic mass is 14.9. The van der Waals surface area contributed by atoms with Crippen molar-refractivity contribution >= 4 is 27.8 Å². The maximum Gasteiger partial charge on any atom is 0.0481 e. The molecule has 0 atom stereocenters. The number of nitrogens with zero attached hydrogens (tertiary/aromatic N) is 1. The first-order valence-electron chi connectivity index (χ1n) is 6.61. The molecule has 3 nitrogen and oxygen atoms in total. The van der Waals surface area contributed by atoms with Gasteiger partial charge in [0.25, 0.3) is 0 Å². The Balaban J connectivity index is 2.09. The van der Waals surface area contributed by atoms with Crippen LogP contribution in [0.15, 0.2) is 48.8 Å². The molecule has 3 rings (SSSR count). The van der Waals surface area contributed by atoms with E-state index in [1.165, 1.54) is 11.1 Å². The molecule has 0 amide bonds. The number of anilines is 3. The number of benzene rings is 2. The van der Waals surface area contributed by atoms with Crippen molar-refractivity contribution in [1.82, 2.24) is 4.98 Å². The van der Waals surface area contributed by atoms with Gasteiger partial charge < -0.3 is 11.1 Å². The minimum absolute atomic E-state index is 0.772. The standard InChI is InChI=1S/C17H17N3/c1-11-3-5-16(12(2)9-11)20-17-6-4-15(18)13-7-8-19-10-14(13)17/h3-10,20H,18H2,1-2H3. The molecule has 0 saturated carbocycles. The van der Waals surface area contributed by atoms with Gasteiger partial charge in [-0.25, -0.2) is 0 Å². The maximum atomic E-state index is 6.01. The Kier molecular flexibility index (Phi) is 3.03. The van der Waals surface area contributed by atoms with E-state index in [-0.39, 0.29) is 0 Å². The lowest BCUT2D eigenvalue weighted by Crippen LogP contribution is -1.96. The van der Waals surface area contributed by atoms with Crippen LogP contribution in [0.25, 0.3) is 10.8 Å². The number of fused-ring (bicyclic) bond motifs is 1. The summed E-state index contributed by atoms with van der Waals surface area (Å²) in [5.41, 5.74) is 11.4. The molecule has 20 heavy (non-hydrogen) atoms. The van der Waals surface area contributed by atoms with E-state index in [0.29, 0.717) is 0 Å². The Morgan fingerprint density at radius 3 is 2.55 bits per heavy atom. The molecule has 0 bridgehead atoms. The van der Waals surface area contributed by atoms with Crippen LogP contribution < -0.4 is 11.1 Å². The van der Waals surface area contributed by atoms with Crippen LogP contribution in [-0.4, -0.2) is 4.98 Å². The summed E-state index contributed by atoms with van der Waals surface area (Å²) in [6, 6.07) is 12.2. The van der Waals surface area contributed by atoms with Gasteiger partial charge in [-0.15, -0.1) is 0 Å². The fourth-order valence-electron chi connectivity index (χ4n) is 2.42. The summed E-state index contributed by atoms with van der Waals surface area (Å²) < 4.78 is 0. The van der Waals surface area contributed by atoms with Gasteiger partial charge in [-0.2, -0.15) is 0 Å². The van der Waals surface area contributed by atoms with Crippen molar-refractivity contribution in [2.24, 2.45) is 0 Å². The Morgan fingerprint density at radius 2 is 1.75 bits per heavy atom. The first kappa shape index (κ1) is 12.5. The minimum Gasteiger partial charge on any atom is -0.398 e. The van der Waals surface area contributed by atoms with Gasteiger partial charge in [-0.05, 0) is 43.7 Å². The third kappa shape index (κ3) is 2.18. The van der Waals surface area contributed by atoms with Gasteiger partial charge in [-0.1, -0.05) is 17.7 Å². The summed E-state index contributed by atoms with van der Waals surface area (Å²) in [7, 11) is 0. The molecule has 0 saturated heterocycles. The molecule has 0 unspecified atom stereocenters. The van der Waals surface area contributed by atoms with E-state index in [4.69, 9.17) is 5.73 Å². The highest BCUT2D eigenvalue weighted by Crippen LogP contribution is 2.30. The van der Waals surface area contributed by atoms with Gasteiger partial charge in [0.05, 0.1) is 0 Å². The fourth-order valence-corrected chi connectivity index (χ4v) is 2.42. The van der Waals surface area contributed by atoms with Gasteiger partial charge in [-0.3, -0.25) is 4.98 Å². The van der Waals surface area contributed by atoms with E-state index in [9.17, 15) is 0 Å². The Labute approximate surface area is 118 Å². The quantitative estimate of drug-likeness (QED) is 0.682. The number of pyridine rings is 1. The average Bonchev–Trinajstić information content (AvgIpc) is 2.45. The molecule has 0 aliphatic carbocycles. The second kappa shape index (κ2) is 4.85. The molecule has 3 heteroatoms. The van der Waals surface area contributed by atoms with Crippen LogP contribution in [0.5, 0.6) is 0 Å². The highest BCUT2D eigenvalue weighted by molar-refractivity contribution is 6.01. The number of aryl methyl sites for hydroxylation is 2.